The van der Waals surface area contributed by atoms with Gasteiger partial charge in [0.2, 0.25) is 0 Å². The number of pyridine rings is 2. The molecular formula is C38H50Cl2N2. The molecule has 4 heteroatoms. The zero-order chi connectivity index (χ0) is 27.8. The Morgan fingerprint density at radius 3 is 0.857 bits per heavy atom. The first-order chi connectivity index (χ1) is 19.8. The molecule has 0 aliphatic heterocycles. The van der Waals surface area contributed by atoms with E-state index in [9.17, 15) is 0 Å². The third kappa shape index (κ3) is 11.5. The van der Waals surface area contributed by atoms with E-state index in [-0.39, 0.29) is 24.8 Å². The predicted molar refractivity (Wildman–Crippen MR) is 170 cm³/mol. The van der Waals surface area contributed by atoms with Crippen LogP contribution in [0.25, 0.3) is 33.4 Å². The third-order valence-corrected chi connectivity index (χ3v) is 8.09. The standard InChI is InChI=1S/C38H50N2.2ClH/c1-3-5-7-9-11-13-27-39-29-23-37(24-30-39)35-19-15-33(16-20-35)34-17-21-36(22-18-34)38-25-31-40(32-26-38)28-14-12-10-8-6-4-2;;/h15-26,29-32H,3-14,27-28H2,1-2H3;2*1H/q+2;;/p-2. The van der Waals surface area contributed by atoms with Gasteiger partial charge < -0.3 is 24.8 Å². The summed E-state index contributed by atoms with van der Waals surface area (Å²) in [5.41, 5.74) is 7.61. The lowest BCUT2D eigenvalue weighted by molar-refractivity contribution is -0.697. The second-order valence-electron chi connectivity index (χ2n) is 11.3. The van der Waals surface area contributed by atoms with E-state index in [4.69, 9.17) is 0 Å². The van der Waals surface area contributed by atoms with Crippen molar-refractivity contribution in [2.24, 2.45) is 0 Å². The van der Waals surface area contributed by atoms with E-state index >= 15 is 0 Å². The van der Waals surface area contributed by atoms with Gasteiger partial charge in [0, 0.05) is 37.1 Å². The molecule has 4 rings (SSSR count). The average molecular weight is 606 g/mol. The van der Waals surface area contributed by atoms with Gasteiger partial charge in [0.05, 0.1) is 0 Å². The van der Waals surface area contributed by atoms with Crippen molar-refractivity contribution in [3.8, 4) is 33.4 Å². The smallest absolute Gasteiger partial charge is 0.169 e. The maximum atomic E-state index is 2.32. The molecule has 2 aromatic heterocycles. The van der Waals surface area contributed by atoms with Crippen molar-refractivity contribution in [2.75, 3.05) is 0 Å². The molecule has 4 aromatic rings. The van der Waals surface area contributed by atoms with Gasteiger partial charge in [-0.05, 0) is 46.2 Å². The van der Waals surface area contributed by atoms with Crippen LogP contribution in [-0.2, 0) is 13.1 Å². The van der Waals surface area contributed by atoms with Crippen LogP contribution >= 0.6 is 0 Å². The summed E-state index contributed by atoms with van der Waals surface area (Å²) in [6.07, 6.45) is 25.0. The zero-order valence-corrected chi connectivity index (χ0v) is 27.3. The van der Waals surface area contributed by atoms with Crippen LogP contribution in [0.2, 0.25) is 0 Å². The summed E-state index contributed by atoms with van der Waals surface area (Å²) in [6.45, 7) is 6.78. The molecule has 2 heterocycles. The van der Waals surface area contributed by atoms with Crippen LogP contribution in [0.4, 0.5) is 0 Å². The highest BCUT2D eigenvalue weighted by molar-refractivity contribution is 5.72. The Labute approximate surface area is 268 Å². The number of nitrogens with zero attached hydrogens (tertiary/aromatic N) is 2. The van der Waals surface area contributed by atoms with Crippen molar-refractivity contribution in [3.05, 3.63) is 97.6 Å². The monoisotopic (exact) mass is 604 g/mol. The van der Waals surface area contributed by atoms with Gasteiger partial charge in [-0.25, -0.2) is 9.13 Å². The van der Waals surface area contributed by atoms with Gasteiger partial charge in [0.15, 0.2) is 24.8 Å². The summed E-state index contributed by atoms with van der Waals surface area (Å²) < 4.78 is 4.64. The zero-order valence-electron chi connectivity index (χ0n) is 25.8. The van der Waals surface area contributed by atoms with Gasteiger partial charge in [-0.2, -0.15) is 0 Å². The third-order valence-electron chi connectivity index (χ3n) is 8.09. The lowest BCUT2D eigenvalue weighted by Crippen LogP contribution is -3.00. The normalized spacial score (nSPS) is 10.6. The first-order valence-electron chi connectivity index (χ1n) is 16.0. The topological polar surface area (TPSA) is 7.76 Å². The Bertz CT molecular complexity index is 1130. The molecule has 0 atom stereocenters. The van der Waals surface area contributed by atoms with Crippen LogP contribution in [0, 0.1) is 0 Å². The Kier molecular flexibility index (Phi) is 17.1. The number of aryl methyl sites for hydroxylation is 2. The van der Waals surface area contributed by atoms with Crippen LogP contribution in [0.1, 0.15) is 90.9 Å². The first-order valence-corrected chi connectivity index (χ1v) is 16.0. The lowest BCUT2D eigenvalue weighted by Gasteiger charge is -2.07. The van der Waals surface area contributed by atoms with Gasteiger partial charge in [0.25, 0.3) is 0 Å². The molecule has 0 aliphatic carbocycles. The maximum Gasteiger partial charge on any atom is 0.169 e. The van der Waals surface area contributed by atoms with E-state index in [1.54, 1.807) is 0 Å². The number of hydrogen-bond donors (Lipinski definition) is 0. The predicted octanol–water partition coefficient (Wildman–Crippen LogP) is 3.99. The van der Waals surface area contributed by atoms with Crippen molar-refractivity contribution in [2.45, 2.75) is 104 Å². The van der Waals surface area contributed by atoms with Crippen LogP contribution in [0.15, 0.2) is 97.6 Å². The molecule has 0 N–H and O–H groups in total. The Balaban J connectivity index is 0.00000308. The highest BCUT2D eigenvalue weighted by atomic mass is 35.5. The second kappa shape index (κ2) is 20.3. The minimum Gasteiger partial charge on any atom is -1.00 e. The molecule has 0 radical (unpaired) electrons. The summed E-state index contributed by atoms with van der Waals surface area (Å²) >= 11 is 0. The molecule has 0 spiro atoms. The van der Waals surface area contributed by atoms with E-state index in [2.05, 4.69) is 121 Å². The molecule has 0 bridgehead atoms. The summed E-state index contributed by atoms with van der Waals surface area (Å²) in [4.78, 5) is 0. The van der Waals surface area contributed by atoms with Crippen molar-refractivity contribution >= 4 is 0 Å². The minimum atomic E-state index is 0. The first kappa shape index (κ1) is 35.5. The highest BCUT2D eigenvalue weighted by Gasteiger charge is 2.07. The Morgan fingerprint density at radius 2 is 0.571 bits per heavy atom. The fraction of sp³-hybridized carbons (Fsp3) is 0.421. The molecule has 0 saturated carbocycles. The summed E-state index contributed by atoms with van der Waals surface area (Å²) in [6, 6.07) is 27.0. The largest absolute Gasteiger partial charge is 1.00 e. The van der Waals surface area contributed by atoms with Crippen LogP contribution in [0.3, 0.4) is 0 Å². The van der Waals surface area contributed by atoms with Crippen molar-refractivity contribution < 1.29 is 33.9 Å². The van der Waals surface area contributed by atoms with E-state index in [1.807, 2.05) is 0 Å². The van der Waals surface area contributed by atoms with Crippen molar-refractivity contribution in [1.82, 2.24) is 0 Å². The fourth-order valence-electron chi connectivity index (χ4n) is 5.46. The molecule has 2 aromatic carbocycles. The molecule has 0 unspecified atom stereocenters. The highest BCUT2D eigenvalue weighted by Crippen LogP contribution is 2.27. The molecule has 0 fully saturated rings. The molecule has 2 nitrogen and oxygen atoms in total. The van der Waals surface area contributed by atoms with Gasteiger partial charge in [-0.3, -0.25) is 0 Å². The minimum absolute atomic E-state index is 0. The number of halogens is 2. The number of aromatic nitrogens is 2. The molecule has 42 heavy (non-hydrogen) atoms. The second-order valence-corrected chi connectivity index (χ2v) is 11.3. The number of unbranched alkanes of at least 4 members (excludes halogenated alkanes) is 10. The van der Waals surface area contributed by atoms with E-state index in [0.717, 1.165) is 13.1 Å². The molecule has 226 valence electrons. The maximum absolute atomic E-state index is 2.32. The summed E-state index contributed by atoms with van der Waals surface area (Å²) in [5, 5.41) is 0. The van der Waals surface area contributed by atoms with Gasteiger partial charge in [0.1, 0.15) is 13.1 Å². The van der Waals surface area contributed by atoms with Crippen molar-refractivity contribution in [1.29, 1.82) is 0 Å². The lowest BCUT2D eigenvalue weighted by atomic mass is 9.98. The SMILES string of the molecule is CCCCCCCC[n+]1ccc(-c2ccc(-c3ccc(-c4cc[n+](CCCCCCCC)cc4)cc3)cc2)cc1.[Cl-].[Cl-]. The molecule has 0 aliphatic rings. The average Bonchev–Trinajstić information content (AvgIpc) is 3.01. The fourth-order valence-corrected chi connectivity index (χ4v) is 5.46. The van der Waals surface area contributed by atoms with Gasteiger partial charge >= 0.3 is 0 Å². The molecule has 0 saturated heterocycles. The van der Waals surface area contributed by atoms with Crippen LogP contribution in [0.5, 0.6) is 0 Å². The molecule has 0 amide bonds. The van der Waals surface area contributed by atoms with Crippen molar-refractivity contribution in [3.63, 3.8) is 0 Å². The van der Waals surface area contributed by atoms with E-state index in [0.29, 0.717) is 0 Å². The number of benzene rings is 2. The molecular weight excluding hydrogens is 555 g/mol. The van der Waals surface area contributed by atoms with E-state index < -0.39 is 0 Å². The number of rotatable bonds is 17. The Hall–Kier alpha value is -2.68. The van der Waals surface area contributed by atoms with Gasteiger partial charge in [-0.15, -0.1) is 0 Å². The van der Waals surface area contributed by atoms with Gasteiger partial charge in [-0.1, -0.05) is 114 Å². The quantitative estimate of drug-likeness (QED) is 0.127. The van der Waals surface area contributed by atoms with Crippen LogP contribution in [-0.4, -0.2) is 0 Å². The summed E-state index contributed by atoms with van der Waals surface area (Å²) in [5.74, 6) is 0. The summed E-state index contributed by atoms with van der Waals surface area (Å²) in [7, 11) is 0. The Morgan fingerprint density at radius 1 is 0.333 bits per heavy atom. The van der Waals surface area contributed by atoms with E-state index in [1.165, 1.54) is 110 Å². The van der Waals surface area contributed by atoms with Crippen LogP contribution < -0.4 is 33.9 Å². The number of hydrogen-bond acceptors (Lipinski definition) is 0.